The van der Waals surface area contributed by atoms with Crippen molar-refractivity contribution in [1.82, 2.24) is 4.90 Å². The van der Waals surface area contributed by atoms with E-state index in [-0.39, 0.29) is 18.5 Å². The summed E-state index contributed by atoms with van der Waals surface area (Å²) >= 11 is 0. The number of unbranched alkanes of at least 4 members (excludes halogenated alkanes) is 1. The minimum Gasteiger partial charge on any atom is -0.455 e. The fourth-order valence-corrected chi connectivity index (χ4v) is 3.16. The first-order chi connectivity index (χ1) is 9.90. The fraction of sp³-hybridized carbons (Fsp3) is 0.588. The van der Waals surface area contributed by atoms with E-state index in [9.17, 15) is 0 Å². The first-order valence-electron chi connectivity index (χ1n) is 7.93. The van der Waals surface area contributed by atoms with E-state index in [1.807, 2.05) is 0 Å². The molecule has 21 heavy (non-hydrogen) atoms. The van der Waals surface area contributed by atoms with E-state index in [2.05, 4.69) is 42.2 Å². The Labute approximate surface area is 133 Å². The zero-order valence-electron chi connectivity index (χ0n) is 12.7. The summed E-state index contributed by atoms with van der Waals surface area (Å²) in [5, 5.41) is 0. The Morgan fingerprint density at radius 3 is 2.81 bits per heavy atom. The summed E-state index contributed by atoms with van der Waals surface area (Å²) in [7, 11) is 0. The van der Waals surface area contributed by atoms with Gasteiger partial charge in [0.25, 0.3) is 6.02 Å². The van der Waals surface area contributed by atoms with E-state index >= 15 is 0 Å². The van der Waals surface area contributed by atoms with Crippen LogP contribution in [0.4, 0.5) is 0 Å². The summed E-state index contributed by atoms with van der Waals surface area (Å²) in [6.45, 7) is 4.18. The van der Waals surface area contributed by atoms with Crippen LogP contribution >= 0.6 is 12.4 Å². The van der Waals surface area contributed by atoms with Crippen molar-refractivity contribution in [3.63, 3.8) is 0 Å². The Bertz CT molecular complexity index is 463. The van der Waals surface area contributed by atoms with Crippen molar-refractivity contribution in [2.24, 2.45) is 4.99 Å². The Morgan fingerprint density at radius 1 is 1.24 bits per heavy atom. The molecular weight excluding hydrogens is 284 g/mol. The van der Waals surface area contributed by atoms with Gasteiger partial charge in [-0.1, -0.05) is 43.7 Å². The Balaban J connectivity index is 0.00000161. The predicted octanol–water partition coefficient (Wildman–Crippen LogP) is 4.19. The van der Waals surface area contributed by atoms with Crippen LogP contribution in [0.3, 0.4) is 0 Å². The molecule has 0 saturated carbocycles. The van der Waals surface area contributed by atoms with Crippen molar-refractivity contribution in [2.45, 2.75) is 51.2 Å². The topological polar surface area (TPSA) is 24.8 Å². The predicted molar refractivity (Wildman–Crippen MR) is 89.1 cm³/mol. The van der Waals surface area contributed by atoms with E-state index in [4.69, 9.17) is 9.73 Å². The Kier molecular flexibility index (Phi) is 5.92. The third-order valence-corrected chi connectivity index (χ3v) is 4.26. The van der Waals surface area contributed by atoms with Crippen LogP contribution < -0.4 is 0 Å². The van der Waals surface area contributed by atoms with Gasteiger partial charge in [-0.05, 0) is 31.2 Å². The molecule has 2 unspecified atom stereocenters. The normalized spacial score (nSPS) is 26.1. The molecule has 0 radical (unpaired) electrons. The molecule has 1 aromatic rings. The van der Waals surface area contributed by atoms with Crippen molar-refractivity contribution in [3.05, 3.63) is 35.9 Å². The lowest BCUT2D eigenvalue weighted by Crippen LogP contribution is -2.39. The maximum absolute atomic E-state index is 6.22. The molecule has 2 fully saturated rings. The number of benzene rings is 1. The summed E-state index contributed by atoms with van der Waals surface area (Å²) in [5.41, 5.74) is 1.28. The highest BCUT2D eigenvalue weighted by atomic mass is 35.5. The molecule has 116 valence electrons. The van der Waals surface area contributed by atoms with E-state index in [1.54, 1.807) is 0 Å². The molecule has 3 nitrogen and oxygen atoms in total. The van der Waals surface area contributed by atoms with Crippen LogP contribution in [-0.2, 0) is 4.74 Å². The molecule has 2 saturated heterocycles. The Hall–Kier alpha value is -1.22. The number of amidine groups is 1. The number of aliphatic imine (C=N–C) groups is 1. The second kappa shape index (κ2) is 7.69. The third-order valence-electron chi connectivity index (χ3n) is 4.26. The zero-order chi connectivity index (χ0) is 13.8. The molecule has 2 heterocycles. The molecule has 4 heteroatoms. The van der Waals surface area contributed by atoms with Crippen LogP contribution in [0, 0.1) is 0 Å². The van der Waals surface area contributed by atoms with Crippen LogP contribution in [0.5, 0.6) is 0 Å². The molecule has 0 aliphatic carbocycles. The average Bonchev–Trinajstić information content (AvgIpc) is 2.88. The van der Waals surface area contributed by atoms with Gasteiger partial charge in [0.1, 0.15) is 6.10 Å². The number of hydrogen-bond acceptors (Lipinski definition) is 2. The lowest BCUT2D eigenvalue weighted by atomic mass is 9.94. The van der Waals surface area contributed by atoms with Crippen molar-refractivity contribution in [3.8, 4) is 0 Å². The van der Waals surface area contributed by atoms with E-state index in [0.717, 1.165) is 25.5 Å². The number of hydrogen-bond donors (Lipinski definition) is 0. The zero-order valence-corrected chi connectivity index (χ0v) is 13.5. The summed E-state index contributed by atoms with van der Waals surface area (Å²) < 4.78 is 6.22. The highest BCUT2D eigenvalue weighted by molar-refractivity contribution is 5.85. The second-order valence-electron chi connectivity index (χ2n) is 5.72. The maximum Gasteiger partial charge on any atom is 0.288 e. The Morgan fingerprint density at radius 2 is 2.05 bits per heavy atom. The van der Waals surface area contributed by atoms with Crippen molar-refractivity contribution >= 4 is 18.4 Å². The van der Waals surface area contributed by atoms with Gasteiger partial charge in [-0.25, -0.2) is 4.99 Å². The van der Waals surface area contributed by atoms with Crippen molar-refractivity contribution < 1.29 is 4.74 Å². The minimum absolute atomic E-state index is 0. The molecule has 2 aliphatic rings. The highest BCUT2D eigenvalue weighted by Gasteiger charge is 2.41. The van der Waals surface area contributed by atoms with Gasteiger partial charge < -0.3 is 9.64 Å². The van der Waals surface area contributed by atoms with E-state index in [0.29, 0.717) is 6.04 Å². The SMILES string of the molecule is CCCCN=C1OC(c2ccccc2)C2CCCCN12.Cl. The fourth-order valence-electron chi connectivity index (χ4n) is 3.16. The first-order valence-corrected chi connectivity index (χ1v) is 7.93. The lowest BCUT2D eigenvalue weighted by molar-refractivity contribution is 0.168. The largest absolute Gasteiger partial charge is 0.455 e. The monoisotopic (exact) mass is 308 g/mol. The molecular formula is C17H25ClN2O. The van der Waals surface area contributed by atoms with Gasteiger partial charge in [0.15, 0.2) is 0 Å². The van der Waals surface area contributed by atoms with Gasteiger partial charge >= 0.3 is 0 Å². The molecule has 3 rings (SSSR count). The van der Waals surface area contributed by atoms with Crippen molar-refractivity contribution in [1.29, 1.82) is 0 Å². The summed E-state index contributed by atoms with van der Waals surface area (Å²) in [6.07, 6.45) is 6.26. The van der Waals surface area contributed by atoms with Gasteiger partial charge in [0, 0.05) is 13.1 Å². The number of fused-ring (bicyclic) bond motifs is 1. The van der Waals surface area contributed by atoms with Crippen LogP contribution in [-0.4, -0.2) is 30.1 Å². The minimum atomic E-state index is 0. The standard InChI is InChI=1S/C17H24N2O.ClH/c1-2-3-12-18-17-19-13-8-7-11-15(19)16(20-17)14-9-5-4-6-10-14;/h4-6,9-10,15-16H,2-3,7-8,11-13H2,1H3;1H. The number of nitrogens with zero attached hydrogens (tertiary/aromatic N) is 2. The van der Waals surface area contributed by atoms with Crippen molar-refractivity contribution in [2.75, 3.05) is 13.1 Å². The van der Waals surface area contributed by atoms with E-state index < -0.39 is 0 Å². The third kappa shape index (κ3) is 3.52. The van der Waals surface area contributed by atoms with Gasteiger partial charge in [-0.15, -0.1) is 12.4 Å². The molecule has 0 bridgehead atoms. The highest BCUT2D eigenvalue weighted by Crippen LogP contribution is 2.37. The number of rotatable bonds is 4. The molecule has 0 aromatic heterocycles. The smallest absolute Gasteiger partial charge is 0.288 e. The quantitative estimate of drug-likeness (QED) is 0.779. The van der Waals surface area contributed by atoms with Crippen LogP contribution in [0.25, 0.3) is 0 Å². The summed E-state index contributed by atoms with van der Waals surface area (Å²) in [6, 6.07) is 12.0. The van der Waals surface area contributed by atoms with Gasteiger partial charge in [-0.3, -0.25) is 0 Å². The molecule has 0 amide bonds. The molecule has 2 aliphatic heterocycles. The molecule has 2 atom stereocenters. The van der Waals surface area contributed by atoms with Gasteiger partial charge in [0.2, 0.25) is 0 Å². The van der Waals surface area contributed by atoms with Crippen LogP contribution in [0.2, 0.25) is 0 Å². The van der Waals surface area contributed by atoms with Gasteiger partial charge in [-0.2, -0.15) is 0 Å². The van der Waals surface area contributed by atoms with Crippen LogP contribution in [0.1, 0.15) is 50.7 Å². The maximum atomic E-state index is 6.22. The van der Waals surface area contributed by atoms with Crippen LogP contribution in [0.15, 0.2) is 35.3 Å². The first kappa shape index (κ1) is 16.2. The summed E-state index contributed by atoms with van der Waals surface area (Å²) in [5.74, 6) is 0. The summed E-state index contributed by atoms with van der Waals surface area (Å²) in [4.78, 5) is 7.09. The van der Waals surface area contributed by atoms with E-state index in [1.165, 1.54) is 31.2 Å². The second-order valence-corrected chi connectivity index (χ2v) is 5.72. The molecule has 0 spiro atoms. The molecule has 0 N–H and O–H groups in total. The average molecular weight is 309 g/mol. The number of halogens is 1. The number of ether oxygens (including phenoxy) is 1. The lowest BCUT2D eigenvalue weighted by Gasteiger charge is -2.30. The molecule has 1 aromatic carbocycles. The number of piperidine rings is 1. The van der Waals surface area contributed by atoms with Gasteiger partial charge in [0.05, 0.1) is 6.04 Å².